The van der Waals surface area contributed by atoms with Gasteiger partial charge in [0, 0.05) is 0 Å². The number of hydrogen-bond acceptors (Lipinski definition) is 4. The number of carbonyl (C=O) groups excluding carboxylic acids is 1. The fourth-order valence-corrected chi connectivity index (χ4v) is 1.55. The molecule has 0 aliphatic heterocycles. The fourth-order valence-electron chi connectivity index (χ4n) is 1.55. The third-order valence-corrected chi connectivity index (χ3v) is 2.35. The smallest absolute Gasteiger partial charge is 0.408 e. The maximum atomic E-state index is 12.0. The van der Waals surface area contributed by atoms with Crippen LogP contribution in [0.5, 0.6) is 5.75 Å². The number of amides is 1. The second-order valence-corrected chi connectivity index (χ2v) is 5.37. The Kier molecular flexibility index (Phi) is 5.67. The number of hydrogen-bond donors (Lipinski definition) is 2. The van der Waals surface area contributed by atoms with Crippen LogP contribution in [0.4, 0.5) is 13.6 Å². The van der Waals surface area contributed by atoms with Crippen molar-refractivity contribution in [1.82, 2.24) is 5.32 Å². The Morgan fingerprint density at radius 3 is 2.14 bits per heavy atom. The summed E-state index contributed by atoms with van der Waals surface area (Å²) >= 11 is 0. The number of halogens is 2. The maximum Gasteiger partial charge on any atom is 0.408 e. The van der Waals surface area contributed by atoms with Gasteiger partial charge in [0.2, 0.25) is 0 Å². The first-order valence-corrected chi connectivity index (χ1v) is 6.35. The second-order valence-electron chi connectivity index (χ2n) is 5.37. The molecule has 0 bridgehead atoms. The predicted molar refractivity (Wildman–Crippen MR) is 72.8 cm³/mol. The van der Waals surface area contributed by atoms with Crippen LogP contribution >= 0.6 is 0 Å². The van der Waals surface area contributed by atoms with Crippen LogP contribution in [0.2, 0.25) is 0 Å². The van der Waals surface area contributed by atoms with Crippen molar-refractivity contribution in [2.24, 2.45) is 0 Å². The molecule has 122 valence electrons. The van der Waals surface area contributed by atoms with Crippen LogP contribution in [0, 0.1) is 0 Å². The van der Waals surface area contributed by atoms with E-state index in [9.17, 15) is 18.4 Å². The van der Waals surface area contributed by atoms with Gasteiger partial charge in [-0.2, -0.15) is 8.78 Å². The van der Waals surface area contributed by atoms with Crippen molar-refractivity contribution in [2.45, 2.75) is 39.0 Å². The molecule has 1 atom stereocenters. The van der Waals surface area contributed by atoms with E-state index >= 15 is 0 Å². The van der Waals surface area contributed by atoms with Crippen LogP contribution in [-0.4, -0.2) is 29.4 Å². The predicted octanol–water partition coefficient (Wildman–Crippen LogP) is 2.94. The molecule has 8 heteroatoms. The molecule has 0 aliphatic rings. The van der Waals surface area contributed by atoms with Crippen LogP contribution in [0.15, 0.2) is 24.3 Å². The lowest BCUT2D eigenvalue weighted by Crippen LogP contribution is -2.38. The van der Waals surface area contributed by atoms with Gasteiger partial charge in [-0.3, -0.25) is 0 Å². The van der Waals surface area contributed by atoms with Gasteiger partial charge in [-0.15, -0.1) is 0 Å². The molecule has 2 N–H and O–H groups in total. The highest BCUT2D eigenvalue weighted by Gasteiger charge is 2.25. The van der Waals surface area contributed by atoms with Crippen LogP contribution in [0.1, 0.15) is 32.4 Å². The minimum absolute atomic E-state index is 0.111. The summed E-state index contributed by atoms with van der Waals surface area (Å²) in [5, 5.41) is 11.4. The van der Waals surface area contributed by atoms with Crippen molar-refractivity contribution >= 4 is 12.1 Å². The third-order valence-electron chi connectivity index (χ3n) is 2.35. The molecule has 6 nitrogen and oxygen atoms in total. The first kappa shape index (κ1) is 17.7. The largest absolute Gasteiger partial charge is 0.479 e. The van der Waals surface area contributed by atoms with Gasteiger partial charge in [0.1, 0.15) is 11.4 Å². The molecule has 0 saturated carbocycles. The van der Waals surface area contributed by atoms with Gasteiger partial charge in [-0.05, 0) is 38.5 Å². The lowest BCUT2D eigenvalue weighted by Gasteiger charge is -2.22. The second kappa shape index (κ2) is 7.06. The Balaban J connectivity index is 2.83. The highest BCUT2D eigenvalue weighted by Crippen LogP contribution is 2.20. The third kappa shape index (κ3) is 5.94. The molecule has 1 unspecified atom stereocenters. The summed E-state index contributed by atoms with van der Waals surface area (Å²) in [6.45, 7) is 1.94. The van der Waals surface area contributed by atoms with Crippen molar-refractivity contribution in [3.05, 3.63) is 29.8 Å². The zero-order valence-electron chi connectivity index (χ0n) is 12.3. The van der Waals surface area contributed by atoms with Crippen LogP contribution in [0.3, 0.4) is 0 Å². The molecule has 0 aliphatic carbocycles. The normalized spacial score (nSPS) is 12.6. The first-order valence-electron chi connectivity index (χ1n) is 6.35. The lowest BCUT2D eigenvalue weighted by molar-refractivity contribution is -0.139. The quantitative estimate of drug-likeness (QED) is 0.872. The number of alkyl halides is 2. The number of nitrogens with one attached hydrogen (secondary N) is 1. The molecule has 0 saturated heterocycles. The van der Waals surface area contributed by atoms with Gasteiger partial charge in [0.15, 0.2) is 6.04 Å². The Morgan fingerprint density at radius 1 is 1.18 bits per heavy atom. The van der Waals surface area contributed by atoms with E-state index in [-0.39, 0.29) is 11.3 Å². The summed E-state index contributed by atoms with van der Waals surface area (Å²) in [5.41, 5.74) is -0.581. The standard InChI is InChI=1S/C14H17F2NO5/c1-14(2,3)22-13(20)17-10(11(18)19)8-4-6-9(7-5-8)21-12(15)16/h4-7,10,12H,1-3H3,(H,17,20)(H,18,19). The van der Waals surface area contributed by atoms with E-state index in [1.165, 1.54) is 24.3 Å². The number of rotatable bonds is 5. The Hall–Kier alpha value is -2.38. The van der Waals surface area contributed by atoms with E-state index in [4.69, 9.17) is 9.84 Å². The average molecular weight is 317 g/mol. The van der Waals surface area contributed by atoms with E-state index in [1.807, 2.05) is 0 Å². The van der Waals surface area contributed by atoms with Crippen LogP contribution in [-0.2, 0) is 9.53 Å². The van der Waals surface area contributed by atoms with Gasteiger partial charge in [-0.1, -0.05) is 12.1 Å². The summed E-state index contributed by atoms with van der Waals surface area (Å²) in [5.74, 6) is -1.42. The Labute approximate surface area is 126 Å². The number of benzene rings is 1. The average Bonchev–Trinajstić information content (AvgIpc) is 2.34. The maximum absolute atomic E-state index is 12.0. The molecular weight excluding hydrogens is 300 g/mol. The van der Waals surface area contributed by atoms with E-state index in [0.29, 0.717) is 0 Å². The molecule has 0 fully saturated rings. The van der Waals surface area contributed by atoms with Crippen molar-refractivity contribution in [1.29, 1.82) is 0 Å². The first-order chi connectivity index (χ1) is 10.1. The number of alkyl carbamates (subject to hydrolysis) is 1. The fraction of sp³-hybridized carbons (Fsp3) is 0.429. The van der Waals surface area contributed by atoms with Gasteiger partial charge in [0.05, 0.1) is 0 Å². The zero-order valence-corrected chi connectivity index (χ0v) is 12.3. The summed E-state index contributed by atoms with van der Waals surface area (Å²) in [7, 11) is 0. The minimum Gasteiger partial charge on any atom is -0.479 e. The van der Waals surface area contributed by atoms with E-state index in [0.717, 1.165) is 0 Å². The topological polar surface area (TPSA) is 84.9 Å². The van der Waals surface area contributed by atoms with Crippen molar-refractivity contribution < 1.29 is 33.0 Å². The van der Waals surface area contributed by atoms with Crippen molar-refractivity contribution in [3.63, 3.8) is 0 Å². The van der Waals surface area contributed by atoms with E-state index in [2.05, 4.69) is 10.1 Å². The summed E-state index contributed by atoms with van der Waals surface area (Å²) in [6.07, 6.45) is -0.896. The van der Waals surface area contributed by atoms with E-state index < -0.39 is 30.3 Å². The summed E-state index contributed by atoms with van der Waals surface area (Å²) < 4.78 is 33.2. The number of ether oxygens (including phenoxy) is 2. The summed E-state index contributed by atoms with van der Waals surface area (Å²) in [4.78, 5) is 22.9. The molecule has 1 amide bonds. The van der Waals surface area contributed by atoms with Gasteiger partial charge in [-0.25, -0.2) is 9.59 Å². The number of carbonyl (C=O) groups is 2. The summed E-state index contributed by atoms with van der Waals surface area (Å²) in [6, 6.07) is 3.56. The van der Waals surface area contributed by atoms with Gasteiger partial charge >= 0.3 is 18.7 Å². The molecule has 1 aromatic rings. The van der Waals surface area contributed by atoms with Crippen molar-refractivity contribution in [2.75, 3.05) is 0 Å². The van der Waals surface area contributed by atoms with Crippen LogP contribution < -0.4 is 10.1 Å². The minimum atomic E-state index is -2.97. The molecule has 1 rings (SSSR count). The Morgan fingerprint density at radius 2 is 1.73 bits per heavy atom. The molecule has 1 aromatic carbocycles. The number of carboxylic acid groups (broad SMARTS) is 1. The monoisotopic (exact) mass is 317 g/mol. The molecule has 22 heavy (non-hydrogen) atoms. The SMILES string of the molecule is CC(C)(C)OC(=O)NC(C(=O)O)c1ccc(OC(F)F)cc1. The molecule has 0 heterocycles. The van der Waals surface area contributed by atoms with Gasteiger partial charge in [0.25, 0.3) is 0 Å². The van der Waals surface area contributed by atoms with Crippen molar-refractivity contribution in [3.8, 4) is 5.75 Å². The molecule has 0 spiro atoms. The zero-order chi connectivity index (χ0) is 16.9. The molecule has 0 radical (unpaired) electrons. The van der Waals surface area contributed by atoms with Gasteiger partial charge < -0.3 is 19.9 Å². The molecule has 0 aromatic heterocycles. The highest BCUT2D eigenvalue weighted by molar-refractivity contribution is 5.81. The Bertz CT molecular complexity index is 525. The van der Waals surface area contributed by atoms with Crippen LogP contribution in [0.25, 0.3) is 0 Å². The molecular formula is C14H17F2NO5. The number of carboxylic acids is 1. The number of aliphatic carboxylic acids is 1. The van der Waals surface area contributed by atoms with E-state index in [1.54, 1.807) is 20.8 Å². The highest BCUT2D eigenvalue weighted by atomic mass is 19.3. The lowest BCUT2D eigenvalue weighted by atomic mass is 10.1.